The van der Waals surface area contributed by atoms with Gasteiger partial charge in [-0.1, -0.05) is 39.2 Å². The van der Waals surface area contributed by atoms with Crippen LogP contribution < -0.4 is 5.73 Å². The molecular formula is C27H45N3O3. The molecular weight excluding hydrogens is 414 g/mol. The lowest BCUT2D eigenvalue weighted by Crippen LogP contribution is -2.62. The predicted molar refractivity (Wildman–Crippen MR) is 128 cm³/mol. The van der Waals surface area contributed by atoms with Crippen molar-refractivity contribution in [3.8, 4) is 0 Å². The molecule has 1 aromatic heterocycles. The highest BCUT2D eigenvalue weighted by Crippen LogP contribution is 2.69. The summed E-state index contributed by atoms with van der Waals surface area (Å²) in [5.74, 6) is 4.32. The maximum atomic E-state index is 11.8. The van der Waals surface area contributed by atoms with Crippen LogP contribution in [0.25, 0.3) is 0 Å². The van der Waals surface area contributed by atoms with Gasteiger partial charge in [-0.2, -0.15) is 0 Å². The molecule has 1 unspecified atom stereocenters. The second kappa shape index (κ2) is 8.51. The Morgan fingerprint density at radius 2 is 1.76 bits per heavy atom. The average molecular weight is 460 g/mol. The largest absolute Gasteiger partial charge is 0.408 e. The second-order valence-electron chi connectivity index (χ2n) is 12.7. The van der Waals surface area contributed by atoms with Crippen LogP contribution in [-0.4, -0.2) is 32.6 Å². The van der Waals surface area contributed by atoms with Gasteiger partial charge in [-0.15, -0.1) is 5.10 Å². The van der Waals surface area contributed by atoms with Crippen molar-refractivity contribution in [1.29, 1.82) is 0 Å². The summed E-state index contributed by atoms with van der Waals surface area (Å²) >= 11 is 0. The van der Waals surface area contributed by atoms with Crippen molar-refractivity contribution in [2.45, 2.75) is 104 Å². The fourth-order valence-corrected chi connectivity index (χ4v) is 9.85. The predicted octanol–water partition coefficient (Wildman–Crippen LogP) is 4.85. The van der Waals surface area contributed by atoms with Crippen molar-refractivity contribution in [1.82, 2.24) is 10.2 Å². The quantitative estimate of drug-likeness (QED) is 0.581. The number of aliphatic hydroxyl groups is 2. The van der Waals surface area contributed by atoms with Gasteiger partial charge in [0.05, 0.1) is 12.2 Å². The Morgan fingerprint density at radius 1 is 1.03 bits per heavy atom. The standard InChI is InChI=1S/C27H45N3O3/c1-5-17-21-14-16(31)10-12-27(21,4)20-11-13-26(3)18(7-8-19(26)23(20)24(17)32)15(2)6-9-22-29-30-25(28)33-22/h15-21,23-24,31-32H,5-14H2,1-4H3,(H2,28,30)/t15-,16-,17-,18-,19+,20+,21?,23+,24-,26-,27-/m1/s1. The van der Waals surface area contributed by atoms with Crippen LogP contribution in [0.4, 0.5) is 6.01 Å². The molecule has 0 saturated heterocycles. The van der Waals surface area contributed by atoms with E-state index in [4.69, 9.17) is 10.2 Å². The first-order valence-electron chi connectivity index (χ1n) is 13.6. The summed E-state index contributed by atoms with van der Waals surface area (Å²) in [6, 6.07) is 0.155. The zero-order valence-corrected chi connectivity index (χ0v) is 21.0. The highest BCUT2D eigenvalue weighted by atomic mass is 16.4. The van der Waals surface area contributed by atoms with E-state index in [2.05, 4.69) is 37.9 Å². The third-order valence-electron chi connectivity index (χ3n) is 11.4. The number of nitrogens with two attached hydrogens (primary N) is 1. The summed E-state index contributed by atoms with van der Waals surface area (Å²) in [6.07, 6.45) is 10.4. The minimum Gasteiger partial charge on any atom is -0.408 e. The second-order valence-corrected chi connectivity index (χ2v) is 12.7. The molecule has 0 amide bonds. The number of anilines is 1. The number of aliphatic hydroxyl groups excluding tert-OH is 2. The Hall–Kier alpha value is -1.14. The van der Waals surface area contributed by atoms with Gasteiger partial charge in [0.2, 0.25) is 5.89 Å². The number of nitrogen functional groups attached to an aromatic ring is 1. The van der Waals surface area contributed by atoms with Gasteiger partial charge < -0.3 is 20.4 Å². The van der Waals surface area contributed by atoms with Crippen LogP contribution in [0.5, 0.6) is 0 Å². The highest BCUT2D eigenvalue weighted by Gasteiger charge is 2.64. The monoisotopic (exact) mass is 459 g/mol. The third kappa shape index (κ3) is 3.65. The molecule has 0 radical (unpaired) electrons. The van der Waals surface area contributed by atoms with Crippen LogP contribution in [-0.2, 0) is 6.42 Å². The maximum absolute atomic E-state index is 11.8. The molecule has 4 aliphatic rings. The Kier molecular flexibility index (Phi) is 6.09. The van der Waals surface area contributed by atoms with Gasteiger partial charge in [0.25, 0.3) is 0 Å². The SMILES string of the molecule is CC[C@@H]1C2C[C@H](O)CC[C@]2(C)[C@H]2CC[C@]3(C)[C@@H]([C@H](C)CCc4nnc(N)o4)CC[C@H]3[C@@H]2[C@@H]1O. The summed E-state index contributed by atoms with van der Waals surface area (Å²) < 4.78 is 5.41. The summed E-state index contributed by atoms with van der Waals surface area (Å²) in [5.41, 5.74) is 6.17. The third-order valence-corrected chi connectivity index (χ3v) is 11.4. The number of aryl methyl sites for hydroxylation is 1. The van der Waals surface area contributed by atoms with E-state index in [-0.39, 0.29) is 23.6 Å². The maximum Gasteiger partial charge on any atom is 0.312 e. The lowest BCUT2D eigenvalue weighted by Gasteiger charge is -2.64. The first kappa shape index (κ1) is 23.6. The minimum atomic E-state index is -0.219. The normalized spacial score (nSPS) is 48.1. The molecule has 5 rings (SSSR count). The Labute approximate surface area is 199 Å². The molecule has 4 N–H and O–H groups in total. The summed E-state index contributed by atoms with van der Waals surface area (Å²) in [6.45, 7) is 9.71. The number of nitrogens with zero attached hydrogens (tertiary/aromatic N) is 2. The van der Waals surface area contributed by atoms with E-state index >= 15 is 0 Å². The molecule has 11 atom stereocenters. The van der Waals surface area contributed by atoms with Crippen LogP contribution in [0.1, 0.15) is 91.4 Å². The molecule has 4 aliphatic carbocycles. The van der Waals surface area contributed by atoms with Crippen molar-refractivity contribution < 1.29 is 14.6 Å². The number of aromatic nitrogens is 2. The Morgan fingerprint density at radius 3 is 2.45 bits per heavy atom. The zero-order chi connectivity index (χ0) is 23.5. The smallest absolute Gasteiger partial charge is 0.312 e. The van der Waals surface area contributed by atoms with Gasteiger partial charge >= 0.3 is 6.01 Å². The minimum absolute atomic E-state index is 0.155. The number of hydrogen-bond donors (Lipinski definition) is 3. The number of fused-ring (bicyclic) bond motifs is 5. The molecule has 33 heavy (non-hydrogen) atoms. The fraction of sp³-hybridized carbons (Fsp3) is 0.926. The average Bonchev–Trinajstić information content (AvgIpc) is 3.36. The molecule has 1 heterocycles. The molecule has 0 bridgehead atoms. The van der Waals surface area contributed by atoms with Crippen molar-refractivity contribution in [3.05, 3.63) is 5.89 Å². The van der Waals surface area contributed by atoms with Crippen LogP contribution in [0.3, 0.4) is 0 Å². The molecule has 6 nitrogen and oxygen atoms in total. The first-order chi connectivity index (χ1) is 15.7. The van der Waals surface area contributed by atoms with Gasteiger partial charge in [0.1, 0.15) is 0 Å². The zero-order valence-electron chi connectivity index (χ0n) is 21.0. The molecule has 0 aliphatic heterocycles. The van der Waals surface area contributed by atoms with Gasteiger partial charge in [-0.25, -0.2) is 0 Å². The van der Waals surface area contributed by atoms with Crippen LogP contribution >= 0.6 is 0 Å². The van der Waals surface area contributed by atoms with Gasteiger partial charge in [-0.3, -0.25) is 0 Å². The summed E-state index contributed by atoms with van der Waals surface area (Å²) in [5, 5.41) is 30.2. The number of hydrogen-bond acceptors (Lipinski definition) is 6. The lowest BCUT2D eigenvalue weighted by molar-refractivity contribution is -0.203. The summed E-state index contributed by atoms with van der Waals surface area (Å²) in [4.78, 5) is 0. The van der Waals surface area contributed by atoms with Gasteiger partial charge in [0.15, 0.2) is 0 Å². The van der Waals surface area contributed by atoms with Crippen molar-refractivity contribution in [2.24, 2.45) is 52.3 Å². The molecule has 1 aromatic rings. The lowest BCUT2D eigenvalue weighted by atomic mass is 9.41. The molecule has 186 valence electrons. The van der Waals surface area contributed by atoms with Gasteiger partial charge in [-0.05, 0) is 104 Å². The van der Waals surface area contributed by atoms with E-state index < -0.39 is 0 Å². The summed E-state index contributed by atoms with van der Waals surface area (Å²) in [7, 11) is 0. The van der Waals surface area contributed by atoms with Crippen LogP contribution in [0, 0.1) is 52.3 Å². The van der Waals surface area contributed by atoms with Crippen molar-refractivity contribution >= 4 is 6.01 Å². The molecule has 0 spiro atoms. The van der Waals surface area contributed by atoms with E-state index in [1.54, 1.807) is 0 Å². The topological polar surface area (TPSA) is 105 Å². The first-order valence-corrected chi connectivity index (χ1v) is 13.6. The molecule has 4 saturated carbocycles. The van der Waals surface area contributed by atoms with E-state index in [0.29, 0.717) is 52.7 Å². The van der Waals surface area contributed by atoms with Crippen LogP contribution in [0.15, 0.2) is 4.42 Å². The van der Waals surface area contributed by atoms with Gasteiger partial charge in [0, 0.05) is 6.42 Å². The van der Waals surface area contributed by atoms with E-state index in [0.717, 1.165) is 38.5 Å². The van der Waals surface area contributed by atoms with Crippen molar-refractivity contribution in [2.75, 3.05) is 5.73 Å². The van der Waals surface area contributed by atoms with E-state index in [1.165, 1.54) is 25.7 Å². The van der Waals surface area contributed by atoms with E-state index in [9.17, 15) is 10.2 Å². The molecule has 0 aromatic carbocycles. The van der Waals surface area contributed by atoms with Crippen molar-refractivity contribution in [3.63, 3.8) is 0 Å². The molecule has 4 fully saturated rings. The van der Waals surface area contributed by atoms with E-state index in [1.807, 2.05) is 0 Å². The molecule has 6 heteroatoms. The Balaban J connectivity index is 1.37. The highest BCUT2D eigenvalue weighted by molar-refractivity contribution is 5.13. The van der Waals surface area contributed by atoms with Crippen LogP contribution in [0.2, 0.25) is 0 Å². The fourth-order valence-electron chi connectivity index (χ4n) is 9.85. The number of rotatable bonds is 5. The Bertz CT molecular complexity index is 844.